The predicted octanol–water partition coefficient (Wildman–Crippen LogP) is 1.54. The summed E-state index contributed by atoms with van der Waals surface area (Å²) in [6.45, 7) is 3.10. The summed E-state index contributed by atoms with van der Waals surface area (Å²) in [4.78, 5) is 30.2. The van der Waals surface area contributed by atoms with Gasteiger partial charge < -0.3 is 15.0 Å². The third-order valence-corrected chi connectivity index (χ3v) is 4.49. The molecule has 1 N–H and O–H groups in total. The summed E-state index contributed by atoms with van der Waals surface area (Å²) >= 11 is 0. The molecule has 1 atom stereocenters. The Bertz CT molecular complexity index is 576. The molecule has 0 aliphatic carbocycles. The summed E-state index contributed by atoms with van der Waals surface area (Å²) in [5.74, 6) is -0.00815. The van der Waals surface area contributed by atoms with E-state index in [1.54, 1.807) is 32.5 Å². The van der Waals surface area contributed by atoms with E-state index in [2.05, 4.69) is 10.3 Å². The van der Waals surface area contributed by atoms with Gasteiger partial charge in [-0.2, -0.15) is 0 Å². The average molecular weight is 319 g/mol. The first-order chi connectivity index (χ1) is 11.0. The standard InChI is InChI=1S/C17H25N3O3/c1-13-11-14(6-9-19-13)16(22)20-10-4-7-17(12-20,23-3)8-5-15(21)18-2/h6,9,11H,4-5,7-8,10,12H2,1-3H3,(H,18,21)/t17-/m0/s1. The number of methoxy groups -OCH3 is 1. The second-order valence-corrected chi connectivity index (χ2v) is 6.08. The Labute approximate surface area is 137 Å². The summed E-state index contributed by atoms with van der Waals surface area (Å²) in [6.07, 6.45) is 4.40. The van der Waals surface area contributed by atoms with Gasteiger partial charge in [-0.15, -0.1) is 0 Å². The first-order valence-corrected chi connectivity index (χ1v) is 7.97. The van der Waals surface area contributed by atoms with Crippen molar-refractivity contribution in [3.63, 3.8) is 0 Å². The molecule has 1 aromatic heterocycles. The maximum Gasteiger partial charge on any atom is 0.254 e. The van der Waals surface area contributed by atoms with Gasteiger partial charge in [-0.25, -0.2) is 0 Å². The van der Waals surface area contributed by atoms with Crippen LogP contribution >= 0.6 is 0 Å². The van der Waals surface area contributed by atoms with Crippen LogP contribution in [0, 0.1) is 6.92 Å². The molecule has 0 spiro atoms. The molecule has 1 aliphatic rings. The number of hydrogen-bond donors (Lipinski definition) is 1. The van der Waals surface area contributed by atoms with Gasteiger partial charge in [-0.1, -0.05) is 0 Å². The monoisotopic (exact) mass is 319 g/mol. The number of piperidine rings is 1. The predicted molar refractivity (Wildman–Crippen MR) is 87.2 cm³/mol. The Balaban J connectivity index is 2.09. The van der Waals surface area contributed by atoms with Crippen LogP contribution in [0.15, 0.2) is 18.3 Å². The highest BCUT2D eigenvalue weighted by Gasteiger charge is 2.37. The van der Waals surface area contributed by atoms with Gasteiger partial charge in [0.15, 0.2) is 0 Å². The molecule has 6 heteroatoms. The summed E-state index contributed by atoms with van der Waals surface area (Å²) in [5.41, 5.74) is 1.03. The SMILES string of the molecule is CNC(=O)CC[C@@]1(OC)CCCN(C(=O)c2ccnc(C)c2)C1. The van der Waals surface area contributed by atoms with E-state index < -0.39 is 5.60 Å². The number of ether oxygens (including phenoxy) is 1. The van der Waals surface area contributed by atoms with Crippen molar-refractivity contribution in [2.24, 2.45) is 0 Å². The Kier molecular flexibility index (Phi) is 5.71. The van der Waals surface area contributed by atoms with E-state index >= 15 is 0 Å². The topological polar surface area (TPSA) is 71.5 Å². The van der Waals surface area contributed by atoms with Crippen LogP contribution in [0.2, 0.25) is 0 Å². The zero-order chi connectivity index (χ0) is 16.9. The van der Waals surface area contributed by atoms with Gasteiger partial charge >= 0.3 is 0 Å². The molecule has 0 unspecified atom stereocenters. The second kappa shape index (κ2) is 7.55. The van der Waals surface area contributed by atoms with E-state index in [0.29, 0.717) is 31.5 Å². The maximum atomic E-state index is 12.7. The zero-order valence-electron chi connectivity index (χ0n) is 14.1. The minimum atomic E-state index is -0.442. The number of nitrogens with one attached hydrogen (secondary N) is 1. The lowest BCUT2D eigenvalue weighted by Crippen LogP contribution is -2.51. The molecule has 2 heterocycles. The van der Waals surface area contributed by atoms with E-state index in [1.807, 2.05) is 11.8 Å². The summed E-state index contributed by atoms with van der Waals surface area (Å²) in [5, 5.41) is 2.63. The fraction of sp³-hybridized carbons (Fsp3) is 0.588. The number of likely N-dealkylation sites (tertiary alicyclic amines) is 1. The van der Waals surface area contributed by atoms with Crippen LogP contribution < -0.4 is 5.32 Å². The number of aryl methyl sites for hydroxylation is 1. The van der Waals surface area contributed by atoms with Crippen molar-refractivity contribution in [3.8, 4) is 0 Å². The molecular formula is C17H25N3O3. The number of nitrogens with zero attached hydrogens (tertiary/aromatic N) is 2. The van der Waals surface area contributed by atoms with E-state index in [-0.39, 0.29) is 11.8 Å². The Morgan fingerprint density at radius 2 is 2.26 bits per heavy atom. The molecule has 1 fully saturated rings. The number of amides is 2. The molecule has 1 aliphatic heterocycles. The molecule has 2 amide bonds. The molecule has 0 radical (unpaired) electrons. The van der Waals surface area contributed by atoms with E-state index in [1.165, 1.54) is 0 Å². The molecule has 23 heavy (non-hydrogen) atoms. The van der Waals surface area contributed by atoms with E-state index in [9.17, 15) is 9.59 Å². The molecule has 1 saturated heterocycles. The summed E-state index contributed by atoms with van der Waals surface area (Å²) in [6, 6.07) is 3.54. The minimum absolute atomic E-state index is 0.00318. The van der Waals surface area contributed by atoms with Crippen LogP contribution in [-0.2, 0) is 9.53 Å². The number of carbonyl (C=O) groups excluding carboxylic acids is 2. The Hall–Kier alpha value is -1.95. The molecule has 2 rings (SSSR count). The molecule has 0 bridgehead atoms. The van der Waals surface area contributed by atoms with Crippen LogP contribution in [0.5, 0.6) is 0 Å². The quantitative estimate of drug-likeness (QED) is 0.893. The lowest BCUT2D eigenvalue weighted by Gasteiger charge is -2.42. The lowest BCUT2D eigenvalue weighted by atomic mass is 9.87. The highest BCUT2D eigenvalue weighted by atomic mass is 16.5. The van der Waals surface area contributed by atoms with Crippen LogP contribution in [0.1, 0.15) is 41.7 Å². The number of rotatable bonds is 5. The fourth-order valence-corrected chi connectivity index (χ4v) is 3.07. The highest BCUT2D eigenvalue weighted by Crippen LogP contribution is 2.30. The molecular weight excluding hydrogens is 294 g/mol. The van der Waals surface area contributed by atoms with Crippen LogP contribution in [0.4, 0.5) is 0 Å². The average Bonchev–Trinajstić information content (AvgIpc) is 2.59. The third kappa shape index (κ3) is 4.28. The summed E-state index contributed by atoms with van der Waals surface area (Å²) in [7, 11) is 3.29. The van der Waals surface area contributed by atoms with Gasteiger partial charge in [-0.3, -0.25) is 14.6 Å². The van der Waals surface area contributed by atoms with Crippen LogP contribution in [0.25, 0.3) is 0 Å². The fourth-order valence-electron chi connectivity index (χ4n) is 3.07. The van der Waals surface area contributed by atoms with Crippen molar-refractivity contribution < 1.29 is 14.3 Å². The maximum absolute atomic E-state index is 12.7. The van der Waals surface area contributed by atoms with Crippen molar-refractivity contribution in [2.75, 3.05) is 27.2 Å². The number of hydrogen-bond acceptors (Lipinski definition) is 4. The van der Waals surface area contributed by atoms with Crippen molar-refractivity contribution in [3.05, 3.63) is 29.6 Å². The van der Waals surface area contributed by atoms with Gasteiger partial charge in [0.05, 0.1) is 5.60 Å². The van der Waals surface area contributed by atoms with Crippen molar-refractivity contribution in [1.82, 2.24) is 15.2 Å². The van der Waals surface area contributed by atoms with Crippen LogP contribution in [0.3, 0.4) is 0 Å². The second-order valence-electron chi connectivity index (χ2n) is 6.08. The Morgan fingerprint density at radius 1 is 1.48 bits per heavy atom. The van der Waals surface area contributed by atoms with Gasteiger partial charge in [0.1, 0.15) is 0 Å². The summed E-state index contributed by atoms with van der Waals surface area (Å²) < 4.78 is 5.73. The van der Waals surface area contributed by atoms with E-state index in [4.69, 9.17) is 4.74 Å². The molecule has 0 saturated carbocycles. The van der Waals surface area contributed by atoms with Crippen molar-refractivity contribution in [2.45, 2.75) is 38.2 Å². The molecule has 6 nitrogen and oxygen atoms in total. The normalized spacial score (nSPS) is 21.1. The van der Waals surface area contributed by atoms with Crippen molar-refractivity contribution in [1.29, 1.82) is 0 Å². The first kappa shape index (κ1) is 17.4. The highest BCUT2D eigenvalue weighted by molar-refractivity contribution is 5.94. The number of aromatic nitrogens is 1. The molecule has 126 valence electrons. The lowest BCUT2D eigenvalue weighted by molar-refractivity contribution is -0.123. The van der Waals surface area contributed by atoms with E-state index in [0.717, 1.165) is 18.5 Å². The van der Waals surface area contributed by atoms with Gasteiger partial charge in [0.2, 0.25) is 5.91 Å². The minimum Gasteiger partial charge on any atom is -0.376 e. The largest absolute Gasteiger partial charge is 0.376 e. The number of pyridine rings is 1. The van der Waals surface area contributed by atoms with Crippen molar-refractivity contribution >= 4 is 11.8 Å². The Morgan fingerprint density at radius 3 is 2.91 bits per heavy atom. The number of carbonyl (C=O) groups is 2. The van der Waals surface area contributed by atoms with Gasteiger partial charge in [-0.05, 0) is 38.3 Å². The first-order valence-electron chi connectivity index (χ1n) is 7.97. The van der Waals surface area contributed by atoms with Gasteiger partial charge in [0.25, 0.3) is 5.91 Å². The zero-order valence-corrected chi connectivity index (χ0v) is 14.1. The smallest absolute Gasteiger partial charge is 0.254 e. The van der Waals surface area contributed by atoms with Gasteiger partial charge in [0, 0.05) is 51.1 Å². The molecule has 1 aromatic rings. The third-order valence-electron chi connectivity index (χ3n) is 4.49. The molecule has 0 aromatic carbocycles. The van der Waals surface area contributed by atoms with Crippen LogP contribution in [-0.4, -0.2) is 54.5 Å².